The van der Waals surface area contributed by atoms with Crippen molar-refractivity contribution in [1.29, 1.82) is 0 Å². The first-order chi connectivity index (χ1) is 16.0. The van der Waals surface area contributed by atoms with Gasteiger partial charge in [0, 0.05) is 23.1 Å². The molecule has 0 bridgehead atoms. The number of methoxy groups -OCH3 is 2. The number of thiazole rings is 1. The number of hydrogen-bond donors (Lipinski definition) is 1. The highest BCUT2D eigenvalue weighted by atomic mass is 35.5. The van der Waals surface area contributed by atoms with E-state index in [9.17, 15) is 10.1 Å². The molecule has 1 N–H and O–H groups in total. The molecule has 0 radical (unpaired) electrons. The highest BCUT2D eigenvalue weighted by Gasteiger charge is 2.21. The van der Waals surface area contributed by atoms with Gasteiger partial charge in [0.1, 0.15) is 11.3 Å². The summed E-state index contributed by atoms with van der Waals surface area (Å²) in [6.07, 6.45) is 1.18. The second-order valence-corrected chi connectivity index (χ2v) is 7.99. The van der Waals surface area contributed by atoms with E-state index in [4.69, 9.17) is 26.1 Å². The number of rotatable bonds is 8. The maximum Gasteiger partial charge on any atom is 0.348 e. The molecule has 0 aliphatic rings. The van der Waals surface area contributed by atoms with Gasteiger partial charge in [-0.2, -0.15) is 0 Å². The van der Waals surface area contributed by atoms with E-state index in [0.29, 0.717) is 18.0 Å². The van der Waals surface area contributed by atoms with Crippen molar-refractivity contribution in [3.05, 3.63) is 75.0 Å². The van der Waals surface area contributed by atoms with Crippen LogP contribution in [0.3, 0.4) is 0 Å². The van der Waals surface area contributed by atoms with E-state index in [1.54, 1.807) is 14.2 Å². The van der Waals surface area contributed by atoms with Crippen LogP contribution in [0.1, 0.15) is 5.56 Å². The lowest BCUT2D eigenvalue weighted by atomic mass is 10.1. The second kappa shape index (κ2) is 9.80. The fraction of sp³-hybridized carbons (Fsp3) is 0.136. The Kier molecular flexibility index (Phi) is 6.66. The summed E-state index contributed by atoms with van der Waals surface area (Å²) < 4.78 is 10.7. The third kappa shape index (κ3) is 4.86. The monoisotopic (exact) mass is 483 g/mol. The van der Waals surface area contributed by atoms with Crippen molar-refractivity contribution in [1.82, 2.24) is 15.0 Å². The molecule has 0 saturated heterocycles. The van der Waals surface area contributed by atoms with Crippen molar-refractivity contribution in [3.8, 4) is 33.3 Å². The van der Waals surface area contributed by atoms with Gasteiger partial charge in [0.15, 0.2) is 11.5 Å². The van der Waals surface area contributed by atoms with E-state index in [-0.39, 0.29) is 16.7 Å². The minimum atomic E-state index is -0.605. The number of benzene rings is 2. The summed E-state index contributed by atoms with van der Waals surface area (Å²) in [5.74, 6) is 1.38. The Morgan fingerprint density at radius 2 is 1.79 bits per heavy atom. The van der Waals surface area contributed by atoms with Crippen LogP contribution in [0.15, 0.2) is 54.2 Å². The quantitative estimate of drug-likeness (QED) is 0.200. The topological polar surface area (TPSA) is 112 Å². The predicted octanol–water partition coefficient (Wildman–Crippen LogP) is 5.46. The summed E-state index contributed by atoms with van der Waals surface area (Å²) in [6.45, 7) is 0.337. The summed E-state index contributed by atoms with van der Waals surface area (Å²) in [5, 5.41) is 16.8. The molecule has 2 aromatic carbocycles. The van der Waals surface area contributed by atoms with E-state index in [1.807, 2.05) is 47.8 Å². The van der Waals surface area contributed by atoms with Gasteiger partial charge in [0.05, 0.1) is 24.8 Å². The predicted molar refractivity (Wildman–Crippen MR) is 127 cm³/mol. The Labute approximate surface area is 198 Å². The van der Waals surface area contributed by atoms with E-state index >= 15 is 0 Å². The van der Waals surface area contributed by atoms with Crippen LogP contribution in [0.25, 0.3) is 21.8 Å². The van der Waals surface area contributed by atoms with Gasteiger partial charge < -0.3 is 14.8 Å². The molecule has 0 aliphatic carbocycles. The number of anilines is 1. The maximum atomic E-state index is 11.2. The molecule has 2 heterocycles. The third-order valence-corrected chi connectivity index (χ3v) is 5.97. The van der Waals surface area contributed by atoms with Crippen molar-refractivity contribution in [2.24, 2.45) is 0 Å². The fourth-order valence-corrected chi connectivity index (χ4v) is 4.17. The number of nitrogens with zero attached hydrogens (tertiary/aromatic N) is 4. The summed E-state index contributed by atoms with van der Waals surface area (Å²) in [4.78, 5) is 22.9. The van der Waals surface area contributed by atoms with Gasteiger partial charge in [-0.15, -0.1) is 11.3 Å². The lowest BCUT2D eigenvalue weighted by molar-refractivity contribution is -0.384. The van der Waals surface area contributed by atoms with Gasteiger partial charge >= 0.3 is 5.69 Å². The zero-order chi connectivity index (χ0) is 23.4. The highest BCUT2D eigenvalue weighted by molar-refractivity contribution is 7.13. The van der Waals surface area contributed by atoms with Gasteiger partial charge in [-0.3, -0.25) is 10.1 Å². The molecule has 0 unspecified atom stereocenters. The zero-order valence-corrected chi connectivity index (χ0v) is 19.2. The molecular weight excluding hydrogens is 466 g/mol. The van der Waals surface area contributed by atoms with Crippen LogP contribution in [0, 0.1) is 10.1 Å². The lowest BCUT2D eigenvalue weighted by Crippen LogP contribution is -2.05. The van der Waals surface area contributed by atoms with Crippen molar-refractivity contribution >= 4 is 34.4 Å². The number of ether oxygens (including phenoxy) is 2. The van der Waals surface area contributed by atoms with E-state index < -0.39 is 4.92 Å². The SMILES string of the molecule is COc1ccc(-c2csc(-c3ccc(CNc4ncnc(Cl)c4[N+](=O)[O-])cc3)n2)cc1OC. The Balaban J connectivity index is 1.48. The fourth-order valence-electron chi connectivity index (χ4n) is 3.13. The molecule has 4 rings (SSSR count). The van der Waals surface area contributed by atoms with Gasteiger partial charge in [-0.25, -0.2) is 15.0 Å². The number of nitrogens with one attached hydrogen (secondary N) is 1. The summed E-state index contributed by atoms with van der Waals surface area (Å²) in [7, 11) is 3.20. The maximum absolute atomic E-state index is 11.2. The van der Waals surface area contributed by atoms with Crippen molar-refractivity contribution in [3.63, 3.8) is 0 Å². The molecular formula is C22H18ClN5O4S. The highest BCUT2D eigenvalue weighted by Crippen LogP contribution is 2.35. The summed E-state index contributed by atoms with van der Waals surface area (Å²) >= 11 is 7.36. The molecule has 0 fully saturated rings. The van der Waals surface area contributed by atoms with Crippen molar-refractivity contribution in [2.45, 2.75) is 6.54 Å². The molecule has 11 heteroatoms. The molecule has 4 aromatic rings. The largest absolute Gasteiger partial charge is 0.493 e. The van der Waals surface area contributed by atoms with Gasteiger partial charge in [0.25, 0.3) is 0 Å². The average Bonchev–Trinajstić information content (AvgIpc) is 3.32. The molecule has 9 nitrogen and oxygen atoms in total. The molecule has 0 amide bonds. The van der Waals surface area contributed by atoms with E-state index in [2.05, 4.69) is 15.3 Å². The van der Waals surface area contributed by atoms with Crippen LogP contribution in [-0.4, -0.2) is 34.1 Å². The van der Waals surface area contributed by atoms with Gasteiger partial charge in [-0.05, 0) is 23.8 Å². The van der Waals surface area contributed by atoms with Crippen LogP contribution in [0.5, 0.6) is 11.5 Å². The minimum Gasteiger partial charge on any atom is -0.493 e. The minimum absolute atomic E-state index is 0.0727. The van der Waals surface area contributed by atoms with Crippen LogP contribution >= 0.6 is 22.9 Å². The van der Waals surface area contributed by atoms with Crippen LogP contribution in [-0.2, 0) is 6.54 Å². The molecule has 2 aromatic heterocycles. The standard InChI is InChI=1S/C22H18ClN5O4S/c1-31-17-8-7-15(9-18(17)32-2)16-11-33-22(27-16)14-5-3-13(4-6-14)10-24-21-19(28(29)30)20(23)25-12-26-21/h3-9,11-12H,10H2,1-2H3,(H,24,25,26). The summed E-state index contributed by atoms with van der Waals surface area (Å²) in [5.41, 5.74) is 3.31. The Hall–Kier alpha value is -3.76. The lowest BCUT2D eigenvalue weighted by Gasteiger charge is -2.08. The van der Waals surface area contributed by atoms with Crippen molar-refractivity contribution < 1.29 is 14.4 Å². The third-order valence-electron chi connectivity index (χ3n) is 4.80. The smallest absolute Gasteiger partial charge is 0.348 e. The van der Waals surface area contributed by atoms with E-state index in [1.165, 1.54) is 17.7 Å². The normalized spacial score (nSPS) is 10.6. The molecule has 0 spiro atoms. The van der Waals surface area contributed by atoms with E-state index in [0.717, 1.165) is 27.4 Å². The second-order valence-electron chi connectivity index (χ2n) is 6.78. The summed E-state index contributed by atoms with van der Waals surface area (Å²) in [6, 6.07) is 13.4. The number of halogens is 1. The molecule has 33 heavy (non-hydrogen) atoms. The first kappa shape index (κ1) is 22.4. The van der Waals surface area contributed by atoms with Gasteiger partial charge in [0.2, 0.25) is 11.0 Å². The molecule has 0 saturated carbocycles. The first-order valence-electron chi connectivity index (χ1n) is 9.66. The molecule has 0 atom stereocenters. The molecule has 168 valence electrons. The Bertz CT molecular complexity index is 1300. The van der Waals surface area contributed by atoms with Crippen LogP contribution in [0.4, 0.5) is 11.5 Å². The Morgan fingerprint density at radius 3 is 2.48 bits per heavy atom. The number of nitro groups is 1. The number of hydrogen-bond acceptors (Lipinski definition) is 9. The zero-order valence-electron chi connectivity index (χ0n) is 17.6. The van der Waals surface area contributed by atoms with Crippen LogP contribution < -0.4 is 14.8 Å². The Morgan fingerprint density at radius 1 is 1.06 bits per heavy atom. The average molecular weight is 484 g/mol. The van der Waals surface area contributed by atoms with Crippen molar-refractivity contribution in [2.75, 3.05) is 19.5 Å². The molecule has 0 aliphatic heterocycles. The number of aromatic nitrogens is 3. The van der Waals surface area contributed by atoms with Gasteiger partial charge in [-0.1, -0.05) is 35.9 Å². The first-order valence-corrected chi connectivity index (χ1v) is 10.9. The van der Waals surface area contributed by atoms with Crippen LogP contribution in [0.2, 0.25) is 5.15 Å².